The van der Waals surface area contributed by atoms with E-state index in [1.807, 2.05) is 18.2 Å². The van der Waals surface area contributed by atoms with Gasteiger partial charge in [0.05, 0.1) is 12.8 Å². The molecule has 0 aromatic heterocycles. The molecule has 0 saturated carbocycles. The van der Waals surface area contributed by atoms with Crippen molar-refractivity contribution >= 4 is 61.4 Å². The fourth-order valence-electron chi connectivity index (χ4n) is 2.70. The number of halogens is 1. The van der Waals surface area contributed by atoms with Crippen LogP contribution >= 0.6 is 11.6 Å². The van der Waals surface area contributed by atoms with Gasteiger partial charge in [-0.15, -0.1) is 10.2 Å². The molecule has 3 aromatic rings. The average Bonchev–Trinajstić information content (AvgIpc) is 2.76. The van der Waals surface area contributed by atoms with Gasteiger partial charge in [-0.25, -0.2) is 4.79 Å². The second-order valence-corrected chi connectivity index (χ2v) is 6.68. The van der Waals surface area contributed by atoms with Crippen molar-refractivity contribution in [3.8, 4) is 11.5 Å². The zero-order chi connectivity index (χ0) is 18.8. The molecule has 1 aliphatic rings. The Kier molecular flexibility index (Phi) is 4.86. The Hall–Kier alpha value is -2.79. The Morgan fingerprint density at radius 1 is 1.11 bits per heavy atom. The highest BCUT2D eigenvalue weighted by atomic mass is 35.5. The number of benzene rings is 3. The predicted molar refractivity (Wildman–Crippen MR) is 103 cm³/mol. The number of amides is 1. The number of nitrogens with zero attached hydrogens (tertiary/aromatic N) is 2. The third kappa shape index (κ3) is 3.55. The van der Waals surface area contributed by atoms with Crippen molar-refractivity contribution in [2.75, 3.05) is 12.4 Å². The largest absolute Gasteiger partial charge is 0.882 e. The lowest BCUT2D eigenvalue weighted by atomic mass is 10.1. The molecule has 9 heteroatoms. The maximum atomic E-state index is 11.7. The number of nitrogens with one attached hydrogen (secondary N) is 1. The number of fused-ring (bicyclic) bond motifs is 4. The Morgan fingerprint density at radius 2 is 1.93 bits per heavy atom. The first-order valence-electron chi connectivity index (χ1n) is 7.93. The van der Waals surface area contributed by atoms with Crippen LogP contribution in [0.1, 0.15) is 0 Å². The van der Waals surface area contributed by atoms with Crippen LogP contribution in [0.25, 0.3) is 10.8 Å². The van der Waals surface area contributed by atoms with Crippen LogP contribution in [0.15, 0.2) is 58.8 Å². The van der Waals surface area contributed by atoms with Crippen molar-refractivity contribution in [3.63, 3.8) is 0 Å². The quantitative estimate of drug-likeness (QED) is 0.559. The molecule has 0 unspecified atom stereocenters. The van der Waals surface area contributed by atoms with E-state index in [9.17, 15) is 4.79 Å². The molecule has 1 heterocycles. The van der Waals surface area contributed by atoms with E-state index in [1.165, 1.54) is 7.11 Å². The lowest BCUT2D eigenvalue weighted by Gasteiger charge is -2.13. The summed E-state index contributed by atoms with van der Waals surface area (Å²) in [6, 6.07) is 14.3. The van der Waals surface area contributed by atoms with Gasteiger partial charge in [-0.2, -0.15) is 0 Å². The van der Waals surface area contributed by atoms with Crippen molar-refractivity contribution in [2.24, 2.45) is 10.2 Å². The number of hydrogen-bond donors (Lipinski definition) is 1. The molecule has 1 N–H and O–H groups in total. The maximum Gasteiger partial charge on any atom is 0.882 e. The molecule has 7 nitrogen and oxygen atoms in total. The van der Waals surface area contributed by atoms with E-state index in [1.54, 1.807) is 30.3 Å². The van der Waals surface area contributed by atoms with Crippen LogP contribution in [0.2, 0.25) is 5.02 Å². The summed E-state index contributed by atoms with van der Waals surface area (Å²) in [7, 11) is 1.31. The van der Waals surface area contributed by atoms with Crippen molar-refractivity contribution in [2.45, 2.75) is 0 Å². The zero-order valence-corrected chi connectivity index (χ0v) is 16.0. The van der Waals surface area contributed by atoms with Gasteiger partial charge in [0.2, 0.25) is 0 Å². The van der Waals surface area contributed by atoms with Crippen LogP contribution in [0.5, 0.6) is 11.5 Å². The highest BCUT2D eigenvalue weighted by Crippen LogP contribution is 2.42. The standard InChI is InChI=1S/C18H14ClN3O4.Al/c1-26-18(25)20-12-4-2-3-10-5-7-15(24)17(16(10)12)22-21-13-9-11(19)6-8-14(13)23;/h2-9,23-24H,1H3,(H,20,25);/q;+2/p-2. The smallest absolute Gasteiger partial charge is 0.614 e. The van der Waals surface area contributed by atoms with Gasteiger partial charge in [0.1, 0.15) is 22.9 Å². The molecule has 0 spiro atoms. The Labute approximate surface area is 166 Å². The first kappa shape index (κ1) is 17.6. The van der Waals surface area contributed by atoms with Crippen LogP contribution in [-0.2, 0) is 4.74 Å². The van der Waals surface area contributed by atoms with Gasteiger partial charge < -0.3 is 12.3 Å². The molecular weight excluding hydrogens is 385 g/mol. The van der Waals surface area contributed by atoms with Crippen LogP contribution in [0, 0.1) is 0 Å². The highest BCUT2D eigenvalue weighted by molar-refractivity contribution is 6.31. The molecule has 3 aromatic carbocycles. The number of methoxy groups -OCH3 is 1. The van der Waals surface area contributed by atoms with Gasteiger partial charge >= 0.3 is 22.0 Å². The maximum absolute atomic E-state index is 11.7. The van der Waals surface area contributed by atoms with Gasteiger partial charge in [0.15, 0.2) is 0 Å². The molecular formula is C18H12AlClN3O4. The van der Waals surface area contributed by atoms with Crippen molar-refractivity contribution in [1.82, 2.24) is 0 Å². The fourth-order valence-corrected chi connectivity index (χ4v) is 3.51. The average molecular weight is 397 g/mol. The van der Waals surface area contributed by atoms with Crippen LogP contribution in [-0.4, -0.2) is 29.1 Å². The minimum atomic E-state index is -0.837. The normalized spacial score (nSPS) is 12.2. The molecule has 4 rings (SSSR count). The summed E-state index contributed by atoms with van der Waals surface area (Å²) in [6.45, 7) is 0. The first-order chi connectivity index (χ1) is 13.2. The SMILES string of the molecule is COC(=O)Nc1cccc2ccc3c(c12)N=Nc1cc(Cl)ccc1[O][Al][O]3. The van der Waals surface area contributed by atoms with E-state index in [2.05, 4.69) is 15.5 Å². The van der Waals surface area contributed by atoms with Crippen LogP contribution in [0.4, 0.5) is 21.9 Å². The summed E-state index contributed by atoms with van der Waals surface area (Å²) in [4.78, 5) is 11.7. The molecule has 0 fully saturated rings. The van der Waals surface area contributed by atoms with Crippen molar-refractivity contribution < 1.29 is 17.1 Å². The number of anilines is 1. The number of rotatable bonds is 1. The monoisotopic (exact) mass is 396 g/mol. The lowest BCUT2D eigenvalue weighted by molar-refractivity contribution is 0.187. The summed E-state index contributed by atoms with van der Waals surface area (Å²) in [5, 5.41) is 13.5. The highest BCUT2D eigenvalue weighted by Gasteiger charge is 2.19. The number of carbonyl (C=O) groups excluding carboxylic acids is 1. The van der Waals surface area contributed by atoms with E-state index < -0.39 is 22.0 Å². The summed E-state index contributed by atoms with van der Waals surface area (Å²) in [5.41, 5.74) is 1.53. The third-order valence-corrected chi connectivity index (χ3v) is 4.87. The molecule has 0 aliphatic carbocycles. The molecule has 27 heavy (non-hydrogen) atoms. The molecule has 0 bridgehead atoms. The number of ether oxygens (including phenoxy) is 1. The topological polar surface area (TPSA) is 81.5 Å². The van der Waals surface area contributed by atoms with Gasteiger partial charge in [-0.3, -0.25) is 5.32 Å². The van der Waals surface area contributed by atoms with E-state index in [-0.39, 0.29) is 0 Å². The summed E-state index contributed by atoms with van der Waals surface area (Å²) < 4.78 is 16.2. The van der Waals surface area contributed by atoms with E-state index in [0.717, 1.165) is 5.39 Å². The molecule has 1 aliphatic heterocycles. The van der Waals surface area contributed by atoms with Crippen LogP contribution < -0.4 is 12.9 Å². The summed E-state index contributed by atoms with van der Waals surface area (Å²) in [5.74, 6) is 1.06. The summed E-state index contributed by atoms with van der Waals surface area (Å²) >= 11 is 5.22. The first-order valence-corrected chi connectivity index (χ1v) is 9.25. The fraction of sp³-hybridized carbons (Fsp3) is 0.0556. The predicted octanol–water partition coefficient (Wildman–Crippen LogP) is 5.39. The molecule has 1 radical (unpaired) electrons. The van der Waals surface area contributed by atoms with Gasteiger partial charge in [0.25, 0.3) is 0 Å². The zero-order valence-electron chi connectivity index (χ0n) is 14.1. The minimum absolute atomic E-state index is 0.489. The summed E-state index contributed by atoms with van der Waals surface area (Å²) in [6.07, 6.45) is -0.577. The van der Waals surface area contributed by atoms with Crippen molar-refractivity contribution in [3.05, 3.63) is 53.6 Å². The van der Waals surface area contributed by atoms with E-state index in [4.69, 9.17) is 23.9 Å². The van der Waals surface area contributed by atoms with E-state index in [0.29, 0.717) is 39.0 Å². The molecule has 0 saturated heterocycles. The van der Waals surface area contributed by atoms with Gasteiger partial charge in [-0.05, 0) is 35.7 Å². The number of hydrogen-bond acceptors (Lipinski definition) is 6. The number of azo groups is 1. The van der Waals surface area contributed by atoms with E-state index >= 15 is 0 Å². The second kappa shape index (κ2) is 7.45. The van der Waals surface area contributed by atoms with Gasteiger partial charge in [0, 0.05) is 10.4 Å². The van der Waals surface area contributed by atoms with Crippen LogP contribution in [0.3, 0.4) is 0 Å². The lowest BCUT2D eigenvalue weighted by Crippen LogP contribution is -2.12. The third-order valence-electron chi connectivity index (χ3n) is 3.93. The van der Waals surface area contributed by atoms with Crippen molar-refractivity contribution in [1.29, 1.82) is 0 Å². The Morgan fingerprint density at radius 3 is 2.78 bits per heavy atom. The number of carbonyl (C=O) groups is 1. The second-order valence-electron chi connectivity index (χ2n) is 5.58. The molecule has 0 atom stereocenters. The Bertz CT molecular complexity index is 1070. The minimum Gasteiger partial charge on any atom is -0.614 e. The Balaban J connectivity index is 1.91. The molecule has 1 amide bonds. The molecule has 133 valence electrons. The van der Waals surface area contributed by atoms with Gasteiger partial charge in [-0.1, -0.05) is 29.8 Å².